The number of amidine groups is 1. The number of fused-ring (bicyclic) bond motifs is 1. The summed E-state index contributed by atoms with van der Waals surface area (Å²) in [6, 6.07) is 7.57. The zero-order valence-electron chi connectivity index (χ0n) is 7.87. The fourth-order valence-electron chi connectivity index (χ4n) is 1.38. The molecule has 4 nitrogen and oxygen atoms in total. The van der Waals surface area contributed by atoms with Crippen LogP contribution in [-0.4, -0.2) is 18.8 Å². The van der Waals surface area contributed by atoms with Crippen LogP contribution >= 0.6 is 0 Å². The molecule has 1 aliphatic rings. The first-order chi connectivity index (χ1) is 6.79. The smallest absolute Gasteiger partial charge is 0.232 e. The van der Waals surface area contributed by atoms with E-state index in [9.17, 15) is 4.79 Å². The molecule has 0 saturated heterocycles. The second-order valence-electron chi connectivity index (χ2n) is 3.07. The van der Waals surface area contributed by atoms with Crippen LogP contribution in [0.3, 0.4) is 0 Å². The van der Waals surface area contributed by atoms with Crippen molar-refractivity contribution in [3.63, 3.8) is 0 Å². The van der Waals surface area contributed by atoms with Gasteiger partial charge in [-0.25, -0.2) is 0 Å². The van der Waals surface area contributed by atoms with Gasteiger partial charge in [-0.2, -0.15) is 0 Å². The quantitative estimate of drug-likeness (QED) is 0.649. The van der Waals surface area contributed by atoms with E-state index in [1.807, 2.05) is 24.3 Å². The second kappa shape index (κ2) is 3.49. The van der Waals surface area contributed by atoms with Gasteiger partial charge in [0.25, 0.3) is 0 Å². The third-order valence-corrected chi connectivity index (χ3v) is 2.08. The fraction of sp³-hybridized carbons (Fsp3) is 0.200. The molecule has 0 atom stereocenters. The summed E-state index contributed by atoms with van der Waals surface area (Å²) in [5, 5.41) is 5.91. The Hall–Kier alpha value is -1.84. The lowest BCUT2D eigenvalue weighted by molar-refractivity contribution is -0.115. The number of nitrogens with zero attached hydrogens (tertiary/aromatic N) is 1. The Bertz CT molecular complexity index is 398. The van der Waals surface area contributed by atoms with Crippen LogP contribution in [0.1, 0.15) is 6.42 Å². The van der Waals surface area contributed by atoms with Crippen LogP contribution in [0.2, 0.25) is 0 Å². The molecule has 72 valence electrons. The number of amides is 1. The minimum atomic E-state index is -0.0388. The van der Waals surface area contributed by atoms with Gasteiger partial charge in [0.05, 0.1) is 17.8 Å². The van der Waals surface area contributed by atoms with E-state index < -0.39 is 0 Å². The third-order valence-electron chi connectivity index (χ3n) is 2.08. The number of hydrogen-bond acceptors (Lipinski definition) is 2. The maximum Gasteiger partial charge on any atom is 0.232 e. The standard InChI is InChI=1S/C10H11N3O/c1-11-9-6-10(14)13-8-5-3-2-4-7(8)12-9/h2-5H,6H2,1H3,(H,11,12)(H,13,14). The third kappa shape index (κ3) is 1.59. The minimum absolute atomic E-state index is 0.0388. The molecule has 0 unspecified atom stereocenters. The summed E-state index contributed by atoms with van der Waals surface area (Å²) in [6.07, 6.45) is 0.297. The molecule has 0 bridgehead atoms. The van der Waals surface area contributed by atoms with E-state index in [0.717, 1.165) is 11.4 Å². The molecule has 2 N–H and O–H groups in total. The SMILES string of the molecule is CN=C1CC(=O)Nc2ccccc2N1. The average molecular weight is 189 g/mol. The Labute approximate surface area is 82.0 Å². The van der Waals surface area contributed by atoms with Crippen molar-refractivity contribution in [3.05, 3.63) is 24.3 Å². The Kier molecular flexibility index (Phi) is 2.18. The van der Waals surface area contributed by atoms with E-state index in [1.54, 1.807) is 7.05 Å². The van der Waals surface area contributed by atoms with Gasteiger partial charge in [-0.15, -0.1) is 0 Å². The normalized spacial score (nSPS) is 18.1. The first-order valence-corrected chi connectivity index (χ1v) is 4.41. The number of rotatable bonds is 0. The maximum atomic E-state index is 11.4. The summed E-state index contributed by atoms with van der Waals surface area (Å²) in [4.78, 5) is 15.4. The highest BCUT2D eigenvalue weighted by Crippen LogP contribution is 2.23. The second-order valence-corrected chi connectivity index (χ2v) is 3.07. The number of nitrogens with one attached hydrogen (secondary N) is 2. The van der Waals surface area contributed by atoms with E-state index in [4.69, 9.17) is 0 Å². The molecule has 0 saturated carbocycles. The molecule has 0 fully saturated rings. The van der Waals surface area contributed by atoms with Crippen LogP contribution in [0.15, 0.2) is 29.3 Å². The van der Waals surface area contributed by atoms with E-state index in [1.165, 1.54) is 0 Å². The average Bonchev–Trinajstić information content (AvgIpc) is 2.35. The van der Waals surface area contributed by atoms with Crippen LogP contribution in [-0.2, 0) is 4.79 Å². The number of hydrogen-bond donors (Lipinski definition) is 2. The molecule has 1 amide bonds. The van der Waals surface area contributed by atoms with Crippen molar-refractivity contribution in [2.45, 2.75) is 6.42 Å². The Balaban J connectivity index is 2.42. The molecular formula is C10H11N3O. The summed E-state index contributed by atoms with van der Waals surface area (Å²) in [5.74, 6) is 0.649. The van der Waals surface area contributed by atoms with Gasteiger partial charge >= 0.3 is 0 Å². The van der Waals surface area contributed by atoms with Gasteiger partial charge in [0.2, 0.25) is 5.91 Å². The molecular weight excluding hydrogens is 178 g/mol. The van der Waals surface area contributed by atoms with Crippen LogP contribution in [0.5, 0.6) is 0 Å². The maximum absolute atomic E-state index is 11.4. The summed E-state index contributed by atoms with van der Waals surface area (Å²) >= 11 is 0. The Morgan fingerprint density at radius 3 is 2.50 bits per heavy atom. The van der Waals surface area contributed by atoms with Gasteiger partial charge in [-0.1, -0.05) is 12.1 Å². The summed E-state index contributed by atoms with van der Waals surface area (Å²) in [7, 11) is 1.67. The van der Waals surface area contributed by atoms with Crippen molar-refractivity contribution < 1.29 is 4.79 Å². The van der Waals surface area contributed by atoms with Crippen molar-refractivity contribution in [1.82, 2.24) is 0 Å². The van der Waals surface area contributed by atoms with Gasteiger partial charge in [-0.3, -0.25) is 9.79 Å². The van der Waals surface area contributed by atoms with Gasteiger partial charge in [0, 0.05) is 7.05 Å². The Morgan fingerprint density at radius 2 is 1.86 bits per heavy atom. The topological polar surface area (TPSA) is 53.5 Å². The number of anilines is 2. The molecule has 1 heterocycles. The molecule has 1 aliphatic heterocycles. The molecule has 1 aromatic rings. The largest absolute Gasteiger partial charge is 0.342 e. The van der Waals surface area contributed by atoms with Crippen LogP contribution in [0.4, 0.5) is 11.4 Å². The lowest BCUT2D eigenvalue weighted by Crippen LogP contribution is -2.16. The molecule has 2 rings (SSSR count). The summed E-state index contributed by atoms with van der Waals surface area (Å²) in [6.45, 7) is 0. The van der Waals surface area contributed by atoms with E-state index in [-0.39, 0.29) is 5.91 Å². The van der Waals surface area contributed by atoms with Crippen molar-refractivity contribution in [3.8, 4) is 0 Å². The number of carbonyl (C=O) groups excluding carboxylic acids is 1. The predicted octanol–water partition coefficient (Wildman–Crippen LogP) is 1.47. The van der Waals surface area contributed by atoms with Crippen LogP contribution in [0.25, 0.3) is 0 Å². The van der Waals surface area contributed by atoms with Crippen molar-refractivity contribution >= 4 is 23.1 Å². The number of aliphatic imine (C=N–C) groups is 1. The van der Waals surface area contributed by atoms with Gasteiger partial charge in [0.1, 0.15) is 5.84 Å². The highest BCUT2D eigenvalue weighted by atomic mass is 16.1. The lowest BCUT2D eigenvalue weighted by atomic mass is 10.2. The molecule has 4 heteroatoms. The lowest BCUT2D eigenvalue weighted by Gasteiger charge is -2.06. The monoisotopic (exact) mass is 189 g/mol. The molecule has 0 spiro atoms. The fourth-order valence-corrected chi connectivity index (χ4v) is 1.38. The van der Waals surface area contributed by atoms with Crippen molar-refractivity contribution in [2.24, 2.45) is 4.99 Å². The molecule has 0 radical (unpaired) electrons. The van der Waals surface area contributed by atoms with Crippen molar-refractivity contribution in [1.29, 1.82) is 0 Å². The first kappa shape index (κ1) is 8.74. The molecule has 0 aliphatic carbocycles. The summed E-state index contributed by atoms with van der Waals surface area (Å²) in [5.41, 5.74) is 1.69. The first-order valence-electron chi connectivity index (χ1n) is 4.41. The number of benzene rings is 1. The van der Waals surface area contributed by atoms with Crippen molar-refractivity contribution in [2.75, 3.05) is 17.7 Å². The summed E-state index contributed by atoms with van der Waals surface area (Å²) < 4.78 is 0. The van der Waals surface area contributed by atoms with Crippen LogP contribution in [0, 0.1) is 0 Å². The number of para-hydroxylation sites is 2. The highest BCUT2D eigenvalue weighted by Gasteiger charge is 2.15. The van der Waals surface area contributed by atoms with Gasteiger partial charge in [0.15, 0.2) is 0 Å². The van der Waals surface area contributed by atoms with Gasteiger partial charge in [-0.05, 0) is 12.1 Å². The van der Waals surface area contributed by atoms with E-state index >= 15 is 0 Å². The van der Waals surface area contributed by atoms with E-state index in [0.29, 0.717) is 12.3 Å². The molecule has 14 heavy (non-hydrogen) atoms. The van der Waals surface area contributed by atoms with Crippen LogP contribution < -0.4 is 10.6 Å². The predicted molar refractivity (Wildman–Crippen MR) is 56.7 cm³/mol. The van der Waals surface area contributed by atoms with E-state index in [2.05, 4.69) is 15.6 Å². The van der Waals surface area contributed by atoms with Gasteiger partial charge < -0.3 is 10.6 Å². The number of carbonyl (C=O) groups is 1. The zero-order valence-corrected chi connectivity index (χ0v) is 7.87. The highest BCUT2D eigenvalue weighted by molar-refractivity contribution is 6.15. The minimum Gasteiger partial charge on any atom is -0.342 e. The zero-order chi connectivity index (χ0) is 9.97. The molecule has 1 aromatic carbocycles. The Morgan fingerprint density at radius 1 is 1.21 bits per heavy atom. The molecule has 0 aromatic heterocycles.